The highest BCUT2D eigenvalue weighted by Gasteiger charge is 2.31. The topological polar surface area (TPSA) is 70.6 Å². The van der Waals surface area contributed by atoms with Crippen molar-refractivity contribution in [1.29, 1.82) is 0 Å². The first kappa shape index (κ1) is 22.0. The molecule has 0 N–H and O–H groups in total. The van der Waals surface area contributed by atoms with Crippen LogP contribution in [0.4, 0.5) is 4.39 Å². The molecular formula is C21H18Cl2FN3O3S. The average Bonchev–Trinajstić information content (AvgIpc) is 2.74. The number of carbonyl (C=O) groups excluding carboxylic acids is 1. The number of carbonyl (C=O) groups is 1. The second-order valence-electron chi connectivity index (χ2n) is 7.23. The van der Waals surface area contributed by atoms with Crippen molar-refractivity contribution in [3.05, 3.63) is 69.6 Å². The molecule has 0 radical (unpaired) electrons. The smallest absolute Gasteiger partial charge is 0.255 e. The number of aryl methyl sites for hydroxylation is 1. The zero-order chi connectivity index (χ0) is 22.3. The largest absolute Gasteiger partial charge is 0.336 e. The molecule has 1 saturated heterocycles. The van der Waals surface area contributed by atoms with Crippen LogP contribution in [0.3, 0.4) is 0 Å². The van der Waals surface area contributed by atoms with Crippen molar-refractivity contribution in [2.75, 3.05) is 26.2 Å². The van der Waals surface area contributed by atoms with Crippen LogP contribution in [-0.2, 0) is 10.0 Å². The molecule has 0 spiro atoms. The number of fused-ring (bicyclic) bond motifs is 1. The van der Waals surface area contributed by atoms with E-state index in [2.05, 4.69) is 4.98 Å². The van der Waals surface area contributed by atoms with Gasteiger partial charge >= 0.3 is 0 Å². The number of sulfonamides is 1. The minimum Gasteiger partial charge on any atom is -0.336 e. The predicted molar refractivity (Wildman–Crippen MR) is 118 cm³/mol. The summed E-state index contributed by atoms with van der Waals surface area (Å²) >= 11 is 11.8. The lowest BCUT2D eigenvalue weighted by Crippen LogP contribution is -2.50. The van der Waals surface area contributed by atoms with Gasteiger partial charge in [-0.1, -0.05) is 23.2 Å². The van der Waals surface area contributed by atoms with E-state index < -0.39 is 15.8 Å². The molecule has 2 aromatic carbocycles. The highest BCUT2D eigenvalue weighted by atomic mass is 35.5. The van der Waals surface area contributed by atoms with Crippen LogP contribution in [0.2, 0.25) is 10.0 Å². The maximum atomic E-state index is 13.4. The van der Waals surface area contributed by atoms with Gasteiger partial charge in [0.25, 0.3) is 5.91 Å². The molecule has 1 aliphatic rings. The lowest BCUT2D eigenvalue weighted by Gasteiger charge is -2.34. The van der Waals surface area contributed by atoms with Crippen LogP contribution in [0.15, 0.2) is 47.4 Å². The maximum Gasteiger partial charge on any atom is 0.255 e. The molecular weight excluding hydrogens is 464 g/mol. The van der Waals surface area contributed by atoms with Gasteiger partial charge in [0, 0.05) is 37.6 Å². The molecule has 31 heavy (non-hydrogen) atoms. The Hall–Kier alpha value is -2.26. The summed E-state index contributed by atoms with van der Waals surface area (Å²) in [5, 5.41) is 1.10. The number of halogens is 3. The molecule has 0 saturated carbocycles. The van der Waals surface area contributed by atoms with E-state index in [0.717, 1.165) is 0 Å². The molecule has 0 unspecified atom stereocenters. The summed E-state index contributed by atoms with van der Waals surface area (Å²) < 4.78 is 40.6. The van der Waals surface area contributed by atoms with Crippen LogP contribution in [0.25, 0.3) is 10.9 Å². The van der Waals surface area contributed by atoms with E-state index in [4.69, 9.17) is 23.2 Å². The number of amides is 1. The number of hydrogen-bond donors (Lipinski definition) is 0. The van der Waals surface area contributed by atoms with Gasteiger partial charge in [0.15, 0.2) is 0 Å². The molecule has 10 heteroatoms. The van der Waals surface area contributed by atoms with Gasteiger partial charge < -0.3 is 4.90 Å². The highest BCUT2D eigenvalue weighted by molar-refractivity contribution is 7.89. The van der Waals surface area contributed by atoms with E-state index in [0.29, 0.717) is 22.2 Å². The van der Waals surface area contributed by atoms with Crippen molar-refractivity contribution in [3.8, 4) is 0 Å². The second kappa shape index (κ2) is 8.35. The summed E-state index contributed by atoms with van der Waals surface area (Å²) in [4.78, 5) is 19.1. The van der Waals surface area contributed by atoms with Gasteiger partial charge in [-0.05, 0) is 43.3 Å². The fourth-order valence-electron chi connectivity index (χ4n) is 3.54. The van der Waals surface area contributed by atoms with Crippen molar-refractivity contribution in [2.24, 2.45) is 0 Å². The van der Waals surface area contributed by atoms with Crippen LogP contribution in [-0.4, -0.2) is 54.7 Å². The third-order valence-corrected chi connectivity index (χ3v) is 7.89. The van der Waals surface area contributed by atoms with Gasteiger partial charge in [0.1, 0.15) is 5.82 Å². The number of aromatic nitrogens is 1. The zero-order valence-corrected chi connectivity index (χ0v) is 18.8. The van der Waals surface area contributed by atoms with E-state index in [1.165, 1.54) is 34.6 Å². The van der Waals surface area contributed by atoms with Crippen LogP contribution < -0.4 is 0 Å². The standard InChI is InChI=1S/C21H18Cl2FN3O3S/c1-13-17(10-14-2-3-15(24)11-20(14)25-13)21(28)26-6-8-27(9-7-26)31(29,30)16-4-5-18(22)19(23)12-16/h2-5,10-12H,6-9H2,1H3. The van der Waals surface area contributed by atoms with E-state index in [1.807, 2.05) is 0 Å². The SMILES string of the molecule is Cc1nc2cc(F)ccc2cc1C(=O)N1CCN(S(=O)(=O)c2ccc(Cl)c(Cl)c2)CC1. The maximum absolute atomic E-state index is 13.4. The minimum atomic E-state index is -3.75. The molecule has 3 aromatic rings. The Kier molecular flexibility index (Phi) is 5.91. The van der Waals surface area contributed by atoms with Gasteiger partial charge in [-0.2, -0.15) is 4.31 Å². The molecule has 1 aromatic heterocycles. The van der Waals surface area contributed by atoms with E-state index in [-0.39, 0.29) is 47.0 Å². The van der Waals surface area contributed by atoms with Gasteiger partial charge in [-0.3, -0.25) is 9.78 Å². The Morgan fingerprint density at radius 2 is 1.71 bits per heavy atom. The number of piperazine rings is 1. The Labute approximate surface area is 189 Å². The monoisotopic (exact) mass is 481 g/mol. The molecule has 1 aliphatic heterocycles. The summed E-state index contributed by atoms with van der Waals surface area (Å²) in [6.45, 7) is 2.47. The third-order valence-electron chi connectivity index (χ3n) is 5.26. The first-order valence-corrected chi connectivity index (χ1v) is 11.7. The lowest BCUT2D eigenvalue weighted by molar-refractivity contribution is 0.0697. The molecule has 2 heterocycles. The molecule has 4 rings (SSSR count). The molecule has 0 aliphatic carbocycles. The molecule has 0 bridgehead atoms. The number of benzene rings is 2. The van der Waals surface area contributed by atoms with Crippen molar-refractivity contribution in [3.63, 3.8) is 0 Å². The number of pyridine rings is 1. The van der Waals surface area contributed by atoms with Crippen molar-refractivity contribution in [1.82, 2.24) is 14.2 Å². The van der Waals surface area contributed by atoms with Crippen molar-refractivity contribution < 1.29 is 17.6 Å². The summed E-state index contributed by atoms with van der Waals surface area (Å²) in [7, 11) is -3.75. The summed E-state index contributed by atoms with van der Waals surface area (Å²) in [5.41, 5.74) is 1.39. The number of rotatable bonds is 3. The highest BCUT2D eigenvalue weighted by Crippen LogP contribution is 2.27. The van der Waals surface area contributed by atoms with Crippen LogP contribution in [0, 0.1) is 12.7 Å². The fraction of sp³-hybridized carbons (Fsp3) is 0.238. The Bertz CT molecular complexity index is 1290. The molecule has 1 amide bonds. The third kappa shape index (κ3) is 4.25. The second-order valence-corrected chi connectivity index (χ2v) is 9.98. The zero-order valence-electron chi connectivity index (χ0n) is 16.5. The summed E-state index contributed by atoms with van der Waals surface area (Å²) in [5.74, 6) is -0.624. The first-order chi connectivity index (χ1) is 14.7. The lowest BCUT2D eigenvalue weighted by atomic mass is 10.1. The Balaban J connectivity index is 1.51. The average molecular weight is 482 g/mol. The molecule has 6 nitrogen and oxygen atoms in total. The Morgan fingerprint density at radius 1 is 1.00 bits per heavy atom. The van der Waals surface area contributed by atoms with Gasteiger partial charge in [-0.15, -0.1) is 0 Å². The van der Waals surface area contributed by atoms with Crippen LogP contribution in [0.1, 0.15) is 16.1 Å². The molecule has 1 fully saturated rings. The number of nitrogens with zero attached hydrogens (tertiary/aromatic N) is 3. The minimum absolute atomic E-state index is 0.0588. The van der Waals surface area contributed by atoms with Crippen LogP contribution in [0.5, 0.6) is 0 Å². The summed E-state index contributed by atoms with van der Waals surface area (Å²) in [6.07, 6.45) is 0. The van der Waals surface area contributed by atoms with Crippen LogP contribution >= 0.6 is 23.2 Å². The van der Waals surface area contributed by atoms with E-state index in [9.17, 15) is 17.6 Å². The molecule has 0 atom stereocenters. The predicted octanol–water partition coefficient (Wildman–Crippen LogP) is 4.14. The number of hydrogen-bond acceptors (Lipinski definition) is 4. The quantitative estimate of drug-likeness (QED) is 0.563. The normalized spacial score (nSPS) is 15.4. The molecule has 162 valence electrons. The van der Waals surface area contributed by atoms with E-state index >= 15 is 0 Å². The van der Waals surface area contributed by atoms with E-state index in [1.54, 1.807) is 24.0 Å². The van der Waals surface area contributed by atoms with Crippen molar-refractivity contribution >= 4 is 50.0 Å². The summed E-state index contributed by atoms with van der Waals surface area (Å²) in [6, 6.07) is 10.1. The van der Waals surface area contributed by atoms with Gasteiger partial charge in [0.05, 0.1) is 31.7 Å². The first-order valence-electron chi connectivity index (χ1n) is 9.48. The Morgan fingerprint density at radius 3 is 2.39 bits per heavy atom. The van der Waals surface area contributed by atoms with Crippen molar-refractivity contribution in [2.45, 2.75) is 11.8 Å². The van der Waals surface area contributed by atoms with Gasteiger partial charge in [-0.25, -0.2) is 12.8 Å². The van der Waals surface area contributed by atoms with Gasteiger partial charge in [0.2, 0.25) is 10.0 Å². The fourth-order valence-corrected chi connectivity index (χ4v) is 5.35.